The summed E-state index contributed by atoms with van der Waals surface area (Å²) in [6, 6.07) is -0.121. The van der Waals surface area contributed by atoms with Gasteiger partial charge in [-0.2, -0.15) is 5.10 Å². The van der Waals surface area contributed by atoms with Crippen molar-refractivity contribution in [1.82, 2.24) is 25.1 Å². The molecule has 0 spiro atoms. The van der Waals surface area contributed by atoms with E-state index in [0.717, 1.165) is 25.2 Å². The van der Waals surface area contributed by atoms with Crippen LogP contribution in [0, 0.1) is 12.8 Å². The number of aromatic nitrogens is 4. The molecule has 2 heterocycles. The van der Waals surface area contributed by atoms with Gasteiger partial charge in [0.15, 0.2) is 5.89 Å². The quantitative estimate of drug-likeness (QED) is 0.882. The van der Waals surface area contributed by atoms with Crippen molar-refractivity contribution in [3.05, 3.63) is 29.5 Å². The van der Waals surface area contributed by atoms with Crippen molar-refractivity contribution in [1.29, 1.82) is 0 Å². The molecule has 1 atom stereocenters. The van der Waals surface area contributed by atoms with Crippen LogP contribution in [0.5, 0.6) is 0 Å². The fraction of sp³-hybridized carbons (Fsp3) is 0.600. The molecule has 0 radical (unpaired) electrons. The summed E-state index contributed by atoms with van der Waals surface area (Å²) in [6.07, 6.45) is 4.40. The van der Waals surface area contributed by atoms with Crippen LogP contribution in [0.1, 0.15) is 60.7 Å². The molecular formula is C15H21N5O2. The third-order valence-electron chi connectivity index (χ3n) is 3.95. The third kappa shape index (κ3) is 2.75. The van der Waals surface area contributed by atoms with E-state index in [4.69, 9.17) is 4.42 Å². The van der Waals surface area contributed by atoms with Crippen LogP contribution in [-0.2, 0) is 13.0 Å². The molecular weight excluding hydrogens is 282 g/mol. The van der Waals surface area contributed by atoms with E-state index in [1.54, 1.807) is 6.92 Å². The van der Waals surface area contributed by atoms with Gasteiger partial charge in [-0.05, 0) is 32.6 Å². The lowest BCUT2D eigenvalue weighted by Crippen LogP contribution is -2.32. The minimum atomic E-state index is -0.229. The molecule has 7 heteroatoms. The minimum Gasteiger partial charge on any atom is -0.435 e. The number of nitrogens with one attached hydrogen (secondary N) is 1. The summed E-state index contributed by atoms with van der Waals surface area (Å²) in [5.41, 5.74) is 0.626. The van der Waals surface area contributed by atoms with Gasteiger partial charge in [-0.15, -0.1) is 0 Å². The van der Waals surface area contributed by atoms with Gasteiger partial charge in [-0.25, -0.2) is 14.6 Å². The maximum Gasteiger partial charge on any atom is 0.289 e. The number of amides is 1. The summed E-state index contributed by atoms with van der Waals surface area (Å²) >= 11 is 0. The highest BCUT2D eigenvalue weighted by Crippen LogP contribution is 2.40. The molecule has 0 aromatic carbocycles. The Morgan fingerprint density at radius 3 is 2.86 bits per heavy atom. The number of carbonyl (C=O) groups is 1. The van der Waals surface area contributed by atoms with E-state index >= 15 is 0 Å². The van der Waals surface area contributed by atoms with Gasteiger partial charge < -0.3 is 9.73 Å². The van der Waals surface area contributed by atoms with Crippen LogP contribution in [0.4, 0.5) is 0 Å². The summed E-state index contributed by atoms with van der Waals surface area (Å²) in [6.45, 7) is 6.48. The first kappa shape index (κ1) is 14.7. The molecule has 1 amide bonds. The van der Waals surface area contributed by atoms with E-state index in [1.165, 1.54) is 6.33 Å². The van der Waals surface area contributed by atoms with E-state index in [-0.39, 0.29) is 11.9 Å². The number of hydrogen-bond donors (Lipinski definition) is 1. The molecule has 0 bridgehead atoms. The van der Waals surface area contributed by atoms with Gasteiger partial charge in [0.25, 0.3) is 5.91 Å². The molecule has 1 fully saturated rings. The second kappa shape index (κ2) is 5.90. The highest BCUT2D eigenvalue weighted by Gasteiger charge is 2.37. The Labute approximate surface area is 129 Å². The van der Waals surface area contributed by atoms with Gasteiger partial charge in [0.2, 0.25) is 5.76 Å². The topological polar surface area (TPSA) is 85.8 Å². The first-order chi connectivity index (χ1) is 10.6. The first-order valence-electron chi connectivity index (χ1n) is 7.78. The monoisotopic (exact) mass is 303 g/mol. The second-order valence-corrected chi connectivity index (χ2v) is 5.60. The van der Waals surface area contributed by atoms with E-state index in [0.29, 0.717) is 29.7 Å². The predicted octanol–water partition coefficient (Wildman–Crippen LogP) is 2.04. The zero-order valence-corrected chi connectivity index (χ0v) is 13.2. The Kier molecular flexibility index (Phi) is 3.96. The van der Waals surface area contributed by atoms with Crippen LogP contribution >= 0.6 is 0 Å². The lowest BCUT2D eigenvalue weighted by molar-refractivity contribution is 0.0897. The molecule has 0 unspecified atom stereocenters. The van der Waals surface area contributed by atoms with Crippen molar-refractivity contribution in [3.8, 4) is 0 Å². The summed E-state index contributed by atoms with van der Waals surface area (Å²) in [4.78, 5) is 21.1. The van der Waals surface area contributed by atoms with Crippen molar-refractivity contribution < 1.29 is 9.21 Å². The van der Waals surface area contributed by atoms with Crippen molar-refractivity contribution >= 4 is 5.91 Å². The van der Waals surface area contributed by atoms with Crippen LogP contribution in [0.2, 0.25) is 0 Å². The Balaban J connectivity index is 1.82. The van der Waals surface area contributed by atoms with Crippen molar-refractivity contribution in [2.45, 2.75) is 52.6 Å². The average molecular weight is 303 g/mol. The normalized spacial score (nSPS) is 15.8. The molecule has 118 valence electrons. The van der Waals surface area contributed by atoms with E-state index in [1.807, 2.05) is 18.5 Å². The predicted molar refractivity (Wildman–Crippen MR) is 79.2 cm³/mol. The molecule has 1 aliphatic carbocycles. The summed E-state index contributed by atoms with van der Waals surface area (Å²) in [7, 11) is 0. The van der Waals surface area contributed by atoms with Crippen molar-refractivity contribution in [2.24, 2.45) is 5.92 Å². The SMILES string of the molecule is CCc1nc(C)c(C(=O)N[C@H](c2ncnn2CC)C2CC2)o1. The minimum absolute atomic E-state index is 0.121. The number of carbonyl (C=O) groups excluding carboxylic acids is 1. The molecule has 3 rings (SSSR count). The van der Waals surface area contributed by atoms with Gasteiger partial charge in [0, 0.05) is 13.0 Å². The molecule has 22 heavy (non-hydrogen) atoms. The number of nitrogens with zero attached hydrogens (tertiary/aromatic N) is 4. The molecule has 7 nitrogen and oxygen atoms in total. The van der Waals surface area contributed by atoms with Gasteiger partial charge in [-0.3, -0.25) is 4.79 Å². The standard InChI is InChI=1S/C15H21N5O2/c1-4-11-18-9(3)13(22-11)15(21)19-12(10-6-7-10)14-16-8-17-20(14)5-2/h8,10,12H,4-7H2,1-3H3,(H,19,21)/t12-/m0/s1. The van der Waals surface area contributed by atoms with E-state index < -0.39 is 0 Å². The fourth-order valence-electron chi connectivity index (χ4n) is 2.60. The summed E-state index contributed by atoms with van der Waals surface area (Å²) < 4.78 is 7.36. The lowest BCUT2D eigenvalue weighted by atomic mass is 10.1. The van der Waals surface area contributed by atoms with Crippen molar-refractivity contribution in [2.75, 3.05) is 0 Å². The fourth-order valence-corrected chi connectivity index (χ4v) is 2.60. The van der Waals surface area contributed by atoms with Gasteiger partial charge >= 0.3 is 0 Å². The molecule has 2 aromatic rings. The highest BCUT2D eigenvalue weighted by molar-refractivity contribution is 5.92. The molecule has 1 aliphatic rings. The van der Waals surface area contributed by atoms with Crippen LogP contribution < -0.4 is 5.32 Å². The smallest absolute Gasteiger partial charge is 0.289 e. The number of rotatable bonds is 6. The third-order valence-corrected chi connectivity index (χ3v) is 3.95. The second-order valence-electron chi connectivity index (χ2n) is 5.60. The zero-order chi connectivity index (χ0) is 15.7. The Bertz CT molecular complexity index is 671. The molecule has 1 saturated carbocycles. The number of hydrogen-bond acceptors (Lipinski definition) is 5. The van der Waals surface area contributed by atoms with Gasteiger partial charge in [-0.1, -0.05) is 6.92 Å². The number of oxazole rings is 1. The Morgan fingerprint density at radius 2 is 2.27 bits per heavy atom. The maximum absolute atomic E-state index is 12.5. The summed E-state index contributed by atoms with van der Waals surface area (Å²) in [5, 5.41) is 7.25. The van der Waals surface area contributed by atoms with Gasteiger partial charge in [0.05, 0.1) is 11.7 Å². The number of aryl methyl sites for hydroxylation is 3. The molecule has 0 saturated heterocycles. The molecule has 2 aromatic heterocycles. The van der Waals surface area contributed by atoms with E-state index in [2.05, 4.69) is 20.4 Å². The van der Waals surface area contributed by atoms with Crippen LogP contribution in [0.3, 0.4) is 0 Å². The lowest BCUT2D eigenvalue weighted by Gasteiger charge is -2.17. The van der Waals surface area contributed by atoms with Crippen molar-refractivity contribution in [3.63, 3.8) is 0 Å². The van der Waals surface area contributed by atoms with Crippen LogP contribution in [0.15, 0.2) is 10.7 Å². The molecule has 1 N–H and O–H groups in total. The Morgan fingerprint density at radius 1 is 1.50 bits per heavy atom. The first-order valence-corrected chi connectivity index (χ1v) is 7.78. The molecule has 0 aliphatic heterocycles. The maximum atomic E-state index is 12.5. The zero-order valence-electron chi connectivity index (χ0n) is 13.2. The Hall–Kier alpha value is -2.18. The summed E-state index contributed by atoms with van der Waals surface area (Å²) in [5.74, 6) is 1.89. The van der Waals surface area contributed by atoms with Crippen LogP contribution in [-0.4, -0.2) is 25.7 Å². The largest absolute Gasteiger partial charge is 0.435 e. The van der Waals surface area contributed by atoms with Crippen LogP contribution in [0.25, 0.3) is 0 Å². The van der Waals surface area contributed by atoms with Gasteiger partial charge in [0.1, 0.15) is 12.2 Å². The van der Waals surface area contributed by atoms with E-state index in [9.17, 15) is 4.79 Å². The highest BCUT2D eigenvalue weighted by atomic mass is 16.4. The average Bonchev–Trinajstić information content (AvgIpc) is 3.12.